The molecule has 1 aromatic heterocycles. The monoisotopic (exact) mass is 237 g/mol. The van der Waals surface area contributed by atoms with Crippen LogP contribution in [0, 0.1) is 0 Å². The van der Waals surface area contributed by atoms with Gasteiger partial charge in [-0.05, 0) is 31.5 Å². The van der Waals surface area contributed by atoms with E-state index in [1.165, 1.54) is 5.56 Å². The molecule has 0 fully saturated rings. The molecule has 0 spiro atoms. The van der Waals surface area contributed by atoms with E-state index >= 15 is 0 Å². The average Bonchev–Trinajstić information content (AvgIpc) is 2.73. The number of rotatable bonds is 7. The number of nitrogens with zero attached hydrogens (tertiary/aromatic N) is 1. The van der Waals surface area contributed by atoms with Crippen LogP contribution < -0.4 is 10.6 Å². The van der Waals surface area contributed by atoms with Crippen molar-refractivity contribution in [1.29, 1.82) is 0 Å². The highest BCUT2D eigenvalue weighted by Crippen LogP contribution is 2.01. The van der Waals surface area contributed by atoms with Gasteiger partial charge >= 0.3 is 0 Å². The fourth-order valence-electron chi connectivity index (χ4n) is 1.55. The standard InChI is InChI=1S/C13H23N3O/c1-4-11(3)15-13(17)10-16-7-6-12(9-16)8-14-5-2/h6-7,9,11,14H,4-5,8,10H2,1-3H3,(H,15,17). The van der Waals surface area contributed by atoms with Gasteiger partial charge in [-0.2, -0.15) is 0 Å². The van der Waals surface area contributed by atoms with E-state index in [4.69, 9.17) is 0 Å². The van der Waals surface area contributed by atoms with Crippen LogP contribution in [0.5, 0.6) is 0 Å². The third-order valence-corrected chi connectivity index (χ3v) is 2.74. The summed E-state index contributed by atoms with van der Waals surface area (Å²) in [5.74, 6) is 0.0740. The Morgan fingerprint density at radius 3 is 2.88 bits per heavy atom. The van der Waals surface area contributed by atoms with E-state index in [1.807, 2.05) is 30.0 Å². The summed E-state index contributed by atoms with van der Waals surface area (Å²) in [5.41, 5.74) is 1.21. The van der Waals surface area contributed by atoms with Gasteiger partial charge in [0.25, 0.3) is 0 Å². The van der Waals surface area contributed by atoms with Gasteiger partial charge in [-0.25, -0.2) is 0 Å². The van der Waals surface area contributed by atoms with Crippen molar-refractivity contribution in [2.24, 2.45) is 0 Å². The van der Waals surface area contributed by atoms with E-state index in [0.717, 1.165) is 19.5 Å². The van der Waals surface area contributed by atoms with Gasteiger partial charge in [0.1, 0.15) is 6.54 Å². The molecule has 96 valence electrons. The SMILES string of the molecule is CCNCc1ccn(CC(=O)NC(C)CC)c1. The number of hydrogen-bond acceptors (Lipinski definition) is 2. The van der Waals surface area contributed by atoms with Crippen molar-refractivity contribution in [2.45, 2.75) is 46.3 Å². The molecular weight excluding hydrogens is 214 g/mol. The van der Waals surface area contributed by atoms with Crippen LogP contribution in [0.1, 0.15) is 32.8 Å². The predicted molar refractivity (Wildman–Crippen MR) is 69.7 cm³/mol. The number of carbonyl (C=O) groups excluding carboxylic acids is 1. The first-order chi connectivity index (χ1) is 8.15. The van der Waals surface area contributed by atoms with Gasteiger partial charge in [-0.15, -0.1) is 0 Å². The summed E-state index contributed by atoms with van der Waals surface area (Å²) in [7, 11) is 0. The zero-order chi connectivity index (χ0) is 12.7. The molecule has 1 aromatic rings. The summed E-state index contributed by atoms with van der Waals surface area (Å²) in [6, 6.07) is 2.29. The Hall–Kier alpha value is -1.29. The Morgan fingerprint density at radius 2 is 2.24 bits per heavy atom. The van der Waals surface area contributed by atoms with Crippen molar-refractivity contribution in [2.75, 3.05) is 6.54 Å². The molecule has 1 unspecified atom stereocenters. The molecule has 0 radical (unpaired) electrons. The van der Waals surface area contributed by atoms with Crippen molar-refractivity contribution in [3.63, 3.8) is 0 Å². The molecule has 1 amide bonds. The first-order valence-electron chi connectivity index (χ1n) is 6.30. The van der Waals surface area contributed by atoms with Gasteiger partial charge in [-0.3, -0.25) is 4.79 Å². The lowest BCUT2D eigenvalue weighted by atomic mass is 10.2. The lowest BCUT2D eigenvalue weighted by molar-refractivity contribution is -0.122. The molecule has 1 rings (SSSR count). The van der Waals surface area contributed by atoms with Crippen molar-refractivity contribution in [3.8, 4) is 0 Å². The van der Waals surface area contributed by atoms with E-state index in [0.29, 0.717) is 6.54 Å². The highest BCUT2D eigenvalue weighted by molar-refractivity contribution is 5.76. The second-order valence-corrected chi connectivity index (χ2v) is 4.35. The number of carbonyl (C=O) groups is 1. The highest BCUT2D eigenvalue weighted by Gasteiger charge is 2.06. The van der Waals surface area contributed by atoms with E-state index < -0.39 is 0 Å². The summed E-state index contributed by atoms with van der Waals surface area (Å²) in [6.07, 6.45) is 4.92. The fraction of sp³-hybridized carbons (Fsp3) is 0.615. The quantitative estimate of drug-likeness (QED) is 0.755. The average molecular weight is 237 g/mol. The minimum absolute atomic E-state index is 0.0740. The van der Waals surface area contributed by atoms with Crippen LogP contribution in [0.4, 0.5) is 0 Å². The molecule has 2 N–H and O–H groups in total. The van der Waals surface area contributed by atoms with Crippen LogP contribution >= 0.6 is 0 Å². The second-order valence-electron chi connectivity index (χ2n) is 4.35. The van der Waals surface area contributed by atoms with E-state index in [2.05, 4.69) is 24.5 Å². The van der Waals surface area contributed by atoms with Crippen LogP contribution in [0.3, 0.4) is 0 Å². The van der Waals surface area contributed by atoms with Gasteiger partial charge < -0.3 is 15.2 Å². The van der Waals surface area contributed by atoms with Gasteiger partial charge in [-0.1, -0.05) is 13.8 Å². The smallest absolute Gasteiger partial charge is 0.240 e. The fourth-order valence-corrected chi connectivity index (χ4v) is 1.55. The van der Waals surface area contributed by atoms with E-state index in [-0.39, 0.29) is 11.9 Å². The molecule has 4 heteroatoms. The van der Waals surface area contributed by atoms with Crippen molar-refractivity contribution < 1.29 is 4.79 Å². The van der Waals surface area contributed by atoms with Gasteiger partial charge in [0.15, 0.2) is 0 Å². The summed E-state index contributed by atoms with van der Waals surface area (Å²) in [5, 5.41) is 6.21. The van der Waals surface area contributed by atoms with Crippen LogP contribution in [-0.4, -0.2) is 23.1 Å². The van der Waals surface area contributed by atoms with E-state index in [9.17, 15) is 4.79 Å². The Labute approximate surface area is 103 Å². The van der Waals surface area contributed by atoms with Gasteiger partial charge in [0.05, 0.1) is 0 Å². The third-order valence-electron chi connectivity index (χ3n) is 2.74. The summed E-state index contributed by atoms with van der Waals surface area (Å²) in [4.78, 5) is 11.7. The second kappa shape index (κ2) is 7.12. The maximum absolute atomic E-state index is 11.7. The Kier molecular flexibility index (Phi) is 5.77. The molecule has 17 heavy (non-hydrogen) atoms. The molecule has 0 bridgehead atoms. The van der Waals surface area contributed by atoms with Crippen molar-refractivity contribution in [3.05, 3.63) is 24.0 Å². The summed E-state index contributed by atoms with van der Waals surface area (Å²) < 4.78 is 1.92. The number of amides is 1. The highest BCUT2D eigenvalue weighted by atomic mass is 16.2. The van der Waals surface area contributed by atoms with Crippen LogP contribution in [0.25, 0.3) is 0 Å². The maximum Gasteiger partial charge on any atom is 0.240 e. The van der Waals surface area contributed by atoms with Crippen LogP contribution in [0.2, 0.25) is 0 Å². The molecule has 1 atom stereocenters. The molecule has 0 saturated heterocycles. The largest absolute Gasteiger partial charge is 0.352 e. The molecule has 0 aliphatic heterocycles. The Morgan fingerprint density at radius 1 is 1.47 bits per heavy atom. The zero-order valence-corrected chi connectivity index (χ0v) is 11.0. The third kappa shape index (κ3) is 5.04. The lowest BCUT2D eigenvalue weighted by Crippen LogP contribution is -2.34. The predicted octanol–water partition coefficient (Wildman–Crippen LogP) is 1.51. The van der Waals surface area contributed by atoms with Crippen LogP contribution in [0.15, 0.2) is 18.5 Å². The molecular formula is C13H23N3O. The normalized spacial score (nSPS) is 12.4. The van der Waals surface area contributed by atoms with Crippen molar-refractivity contribution >= 4 is 5.91 Å². The molecule has 0 aliphatic rings. The first-order valence-corrected chi connectivity index (χ1v) is 6.30. The van der Waals surface area contributed by atoms with Gasteiger partial charge in [0.2, 0.25) is 5.91 Å². The molecule has 0 saturated carbocycles. The lowest BCUT2D eigenvalue weighted by Gasteiger charge is -2.11. The van der Waals surface area contributed by atoms with Crippen LogP contribution in [-0.2, 0) is 17.9 Å². The zero-order valence-electron chi connectivity index (χ0n) is 11.0. The minimum Gasteiger partial charge on any atom is -0.352 e. The topological polar surface area (TPSA) is 46.1 Å². The van der Waals surface area contributed by atoms with Gasteiger partial charge in [0, 0.05) is 25.0 Å². The molecule has 1 heterocycles. The summed E-state index contributed by atoms with van der Waals surface area (Å²) in [6.45, 7) is 8.38. The summed E-state index contributed by atoms with van der Waals surface area (Å²) >= 11 is 0. The number of aromatic nitrogens is 1. The Balaban J connectivity index is 2.40. The molecule has 4 nitrogen and oxygen atoms in total. The maximum atomic E-state index is 11.7. The van der Waals surface area contributed by atoms with E-state index in [1.54, 1.807) is 0 Å². The molecule has 0 aliphatic carbocycles. The molecule has 0 aromatic carbocycles. The minimum atomic E-state index is 0.0740. The van der Waals surface area contributed by atoms with Crippen molar-refractivity contribution in [1.82, 2.24) is 15.2 Å². The number of hydrogen-bond donors (Lipinski definition) is 2. The Bertz CT molecular complexity index is 346. The number of nitrogens with one attached hydrogen (secondary N) is 2. The first kappa shape index (κ1) is 13.8.